The second-order valence-electron chi connectivity index (χ2n) is 7.43. The Balaban J connectivity index is 1.73. The third kappa shape index (κ3) is 4.77. The number of thiazole rings is 1. The molecule has 0 saturated heterocycles. The maximum absolute atomic E-state index is 12.9. The molecule has 1 amide bonds. The summed E-state index contributed by atoms with van der Waals surface area (Å²) in [6.45, 7) is 5.16. The van der Waals surface area contributed by atoms with Gasteiger partial charge in [0.15, 0.2) is 16.3 Å². The number of aromatic nitrogens is 1. The van der Waals surface area contributed by atoms with Crippen molar-refractivity contribution < 1.29 is 28.5 Å². The van der Waals surface area contributed by atoms with Crippen LogP contribution in [-0.4, -0.2) is 42.9 Å². The first-order valence-electron chi connectivity index (χ1n) is 10.3. The second-order valence-corrected chi connectivity index (χ2v) is 8.44. The maximum atomic E-state index is 12.9. The largest absolute Gasteiger partial charge is 0.491 e. The molecule has 1 aromatic heterocycles. The van der Waals surface area contributed by atoms with E-state index in [0.29, 0.717) is 47.4 Å². The molecule has 32 heavy (non-hydrogen) atoms. The summed E-state index contributed by atoms with van der Waals surface area (Å²) >= 11 is 1.35. The molecule has 8 nitrogen and oxygen atoms in total. The molecule has 0 saturated carbocycles. The van der Waals surface area contributed by atoms with Gasteiger partial charge in [-0.2, -0.15) is 4.99 Å². The number of hydrogen-bond donors (Lipinski definition) is 0. The topological polar surface area (TPSA) is 88.4 Å². The molecule has 1 aliphatic rings. The Bertz CT molecular complexity index is 1210. The lowest BCUT2D eigenvalue weighted by Crippen LogP contribution is -2.19. The van der Waals surface area contributed by atoms with Crippen LogP contribution in [0.1, 0.15) is 30.6 Å². The molecule has 0 atom stereocenters. The van der Waals surface area contributed by atoms with Crippen molar-refractivity contribution >= 4 is 33.4 Å². The van der Waals surface area contributed by atoms with E-state index in [0.717, 1.165) is 10.2 Å². The number of benzene rings is 2. The van der Waals surface area contributed by atoms with E-state index in [-0.39, 0.29) is 24.4 Å². The Kier molecular flexibility index (Phi) is 6.45. The summed E-state index contributed by atoms with van der Waals surface area (Å²) in [5.41, 5.74) is 1.26. The summed E-state index contributed by atoms with van der Waals surface area (Å²) in [7, 11) is 1.35. The summed E-state index contributed by atoms with van der Waals surface area (Å²) in [6, 6.07) is 10.6. The smallest absolute Gasteiger partial charge is 0.307 e. The molecule has 2 aromatic carbocycles. The number of ether oxygens (including phenoxy) is 4. The second kappa shape index (κ2) is 9.44. The van der Waals surface area contributed by atoms with E-state index in [1.54, 1.807) is 24.3 Å². The highest BCUT2D eigenvalue weighted by Gasteiger charge is 2.18. The van der Waals surface area contributed by atoms with Crippen LogP contribution in [0.25, 0.3) is 10.2 Å². The molecule has 3 aromatic rings. The van der Waals surface area contributed by atoms with Crippen molar-refractivity contribution in [3.8, 4) is 17.2 Å². The van der Waals surface area contributed by atoms with Gasteiger partial charge in [0, 0.05) is 24.2 Å². The summed E-state index contributed by atoms with van der Waals surface area (Å²) in [6.07, 6.45) is 0.201. The molecular weight excluding hydrogens is 432 g/mol. The predicted octanol–water partition coefficient (Wildman–Crippen LogP) is 3.57. The van der Waals surface area contributed by atoms with Crippen molar-refractivity contribution in [1.82, 2.24) is 4.57 Å². The molecule has 2 heterocycles. The number of hydrogen-bond acceptors (Lipinski definition) is 7. The van der Waals surface area contributed by atoms with E-state index in [4.69, 9.17) is 18.9 Å². The minimum atomic E-state index is -0.378. The number of esters is 1. The molecule has 0 spiro atoms. The van der Waals surface area contributed by atoms with Crippen molar-refractivity contribution in [2.45, 2.75) is 32.9 Å². The zero-order chi connectivity index (χ0) is 22.7. The molecule has 168 valence electrons. The monoisotopic (exact) mass is 456 g/mol. The number of amides is 1. The third-order valence-electron chi connectivity index (χ3n) is 4.78. The van der Waals surface area contributed by atoms with Crippen molar-refractivity contribution in [3.05, 3.63) is 46.8 Å². The minimum absolute atomic E-state index is 0.0485. The van der Waals surface area contributed by atoms with Gasteiger partial charge in [-0.3, -0.25) is 9.59 Å². The van der Waals surface area contributed by atoms with E-state index in [1.165, 1.54) is 18.4 Å². The van der Waals surface area contributed by atoms with Crippen LogP contribution in [-0.2, 0) is 16.1 Å². The Morgan fingerprint density at radius 1 is 1.12 bits per heavy atom. The van der Waals surface area contributed by atoms with Crippen LogP contribution in [0.5, 0.6) is 17.2 Å². The molecule has 0 bridgehead atoms. The summed E-state index contributed by atoms with van der Waals surface area (Å²) < 4.78 is 24.5. The van der Waals surface area contributed by atoms with E-state index in [1.807, 2.05) is 30.5 Å². The van der Waals surface area contributed by atoms with E-state index < -0.39 is 0 Å². The van der Waals surface area contributed by atoms with Crippen molar-refractivity contribution in [2.24, 2.45) is 4.99 Å². The Morgan fingerprint density at radius 2 is 1.81 bits per heavy atom. The number of aryl methyl sites for hydroxylation is 1. The molecule has 9 heteroatoms. The molecule has 0 fully saturated rings. The fraction of sp³-hybridized carbons (Fsp3) is 0.348. The minimum Gasteiger partial charge on any atom is -0.491 e. The van der Waals surface area contributed by atoms with Gasteiger partial charge in [-0.15, -0.1) is 0 Å². The van der Waals surface area contributed by atoms with Gasteiger partial charge in [-0.25, -0.2) is 0 Å². The van der Waals surface area contributed by atoms with Crippen LogP contribution in [0.2, 0.25) is 0 Å². The van der Waals surface area contributed by atoms with Crippen molar-refractivity contribution in [1.29, 1.82) is 0 Å². The fourth-order valence-corrected chi connectivity index (χ4v) is 4.38. The van der Waals surface area contributed by atoms with Crippen LogP contribution < -0.4 is 19.0 Å². The first-order valence-corrected chi connectivity index (χ1v) is 11.1. The number of methoxy groups -OCH3 is 1. The Hall–Kier alpha value is -3.33. The number of fused-ring (bicyclic) bond motifs is 2. The number of carbonyl (C=O) groups is 2. The van der Waals surface area contributed by atoms with Crippen molar-refractivity contribution in [2.75, 3.05) is 20.3 Å². The number of rotatable bonds is 6. The third-order valence-corrected chi connectivity index (χ3v) is 5.83. The summed E-state index contributed by atoms with van der Waals surface area (Å²) in [4.78, 5) is 29.5. The summed E-state index contributed by atoms with van der Waals surface area (Å²) in [5.74, 6) is 1.26. The molecular formula is C23H24N2O6S. The molecule has 4 rings (SSSR count). The van der Waals surface area contributed by atoms with Gasteiger partial charge in [0.05, 0.1) is 29.9 Å². The zero-order valence-electron chi connectivity index (χ0n) is 18.1. The maximum Gasteiger partial charge on any atom is 0.307 e. The van der Waals surface area contributed by atoms with Crippen LogP contribution in [0, 0.1) is 0 Å². The molecule has 1 aliphatic heterocycles. The highest BCUT2D eigenvalue weighted by Crippen LogP contribution is 2.35. The lowest BCUT2D eigenvalue weighted by Gasteiger charge is -2.18. The fourth-order valence-electron chi connectivity index (χ4n) is 3.31. The van der Waals surface area contributed by atoms with Gasteiger partial charge in [-0.1, -0.05) is 11.3 Å². The van der Waals surface area contributed by atoms with Gasteiger partial charge >= 0.3 is 5.97 Å². The van der Waals surface area contributed by atoms with Crippen molar-refractivity contribution in [3.63, 3.8) is 0 Å². The average molecular weight is 457 g/mol. The quantitative estimate of drug-likeness (QED) is 0.527. The van der Waals surface area contributed by atoms with Crippen LogP contribution in [0.4, 0.5) is 0 Å². The van der Waals surface area contributed by atoms with Crippen LogP contribution >= 0.6 is 11.3 Å². The van der Waals surface area contributed by atoms with E-state index >= 15 is 0 Å². The van der Waals surface area contributed by atoms with Gasteiger partial charge in [0.25, 0.3) is 5.91 Å². The Labute approximate surface area is 189 Å². The van der Waals surface area contributed by atoms with Gasteiger partial charge in [-0.05, 0) is 38.1 Å². The highest BCUT2D eigenvalue weighted by molar-refractivity contribution is 7.16. The van der Waals surface area contributed by atoms with Gasteiger partial charge in [0.2, 0.25) is 0 Å². The molecule has 0 N–H and O–H groups in total. The van der Waals surface area contributed by atoms with E-state index in [2.05, 4.69) is 4.99 Å². The van der Waals surface area contributed by atoms with Crippen LogP contribution in [0.15, 0.2) is 41.4 Å². The highest BCUT2D eigenvalue weighted by atomic mass is 32.1. The normalized spacial score (nSPS) is 13.4. The standard InChI is InChI=1S/C23H24N2O6S/c1-14(2)31-16-6-4-15(5-7-16)22(27)24-23-25(9-8-21(26)28-3)17-12-18-19(13-20(17)32-23)30-11-10-29-18/h4-7,12-14H,8-11H2,1-3H3. The van der Waals surface area contributed by atoms with Crippen LogP contribution in [0.3, 0.4) is 0 Å². The Morgan fingerprint density at radius 3 is 2.47 bits per heavy atom. The lowest BCUT2D eigenvalue weighted by molar-refractivity contribution is -0.140. The van der Waals surface area contributed by atoms with Gasteiger partial charge in [0.1, 0.15) is 19.0 Å². The SMILES string of the molecule is COC(=O)CCn1c(=NC(=O)c2ccc(OC(C)C)cc2)sc2cc3c(cc21)OCCO3. The lowest BCUT2D eigenvalue weighted by atomic mass is 10.2. The first-order chi connectivity index (χ1) is 15.4. The van der Waals surface area contributed by atoms with E-state index in [9.17, 15) is 9.59 Å². The number of nitrogens with zero attached hydrogens (tertiary/aromatic N) is 2. The average Bonchev–Trinajstić information content (AvgIpc) is 3.11. The van der Waals surface area contributed by atoms with Gasteiger partial charge < -0.3 is 23.5 Å². The predicted molar refractivity (Wildman–Crippen MR) is 120 cm³/mol. The molecule has 0 unspecified atom stereocenters. The molecule has 0 radical (unpaired) electrons. The zero-order valence-corrected chi connectivity index (χ0v) is 18.9. The first kappa shape index (κ1) is 21.9. The summed E-state index contributed by atoms with van der Waals surface area (Å²) in [5, 5.41) is 0. The number of carbonyl (C=O) groups excluding carboxylic acids is 2. The molecule has 0 aliphatic carbocycles.